The maximum absolute atomic E-state index is 9.00. The Labute approximate surface area is 105 Å². The van der Waals surface area contributed by atoms with Crippen molar-refractivity contribution in [3.8, 4) is 0 Å². The van der Waals surface area contributed by atoms with Gasteiger partial charge in [-0.05, 0) is 0 Å². The molecule has 0 fully saturated rings. The van der Waals surface area contributed by atoms with E-state index in [0.717, 1.165) is 19.4 Å². The van der Waals surface area contributed by atoms with Crippen molar-refractivity contribution in [2.75, 3.05) is 6.54 Å². The number of nitrogens with two attached hydrogens (primary N) is 1. The van der Waals surface area contributed by atoms with Crippen molar-refractivity contribution in [2.45, 2.75) is 43.2 Å². The van der Waals surface area contributed by atoms with Crippen LogP contribution in [0.25, 0.3) is 0 Å². The molecule has 0 rings (SSSR count). The third-order valence-electron chi connectivity index (χ3n) is 2.00. The molecule has 4 heteroatoms. The van der Waals surface area contributed by atoms with Crippen molar-refractivity contribution in [3.63, 3.8) is 0 Å². The molecule has 0 heterocycles. The summed E-state index contributed by atoms with van der Waals surface area (Å²) in [6.45, 7) is 4.23. The fourth-order valence-electron chi connectivity index (χ4n) is 1.28. The van der Waals surface area contributed by atoms with Gasteiger partial charge in [0.05, 0.1) is 0 Å². The molecule has 0 amide bonds. The van der Waals surface area contributed by atoms with E-state index in [1.807, 2.05) is 0 Å². The van der Waals surface area contributed by atoms with Gasteiger partial charge in [-0.15, -0.1) is 0 Å². The molecule has 3 N–H and O–H groups in total. The quantitative estimate of drug-likeness (QED) is 0.659. The third kappa shape index (κ3) is 18.3. The van der Waals surface area contributed by atoms with Gasteiger partial charge in [0, 0.05) is 6.92 Å². The first-order chi connectivity index (χ1) is 6.58. The molecule has 0 saturated heterocycles. The summed E-state index contributed by atoms with van der Waals surface area (Å²) in [6, 6.07) is 0. The van der Waals surface area contributed by atoms with Crippen molar-refractivity contribution in [3.05, 3.63) is 0 Å². The molecule has 80 valence electrons. The van der Waals surface area contributed by atoms with Crippen LogP contribution in [-0.2, 0) is 4.79 Å². The van der Waals surface area contributed by atoms with Crippen LogP contribution in [0.4, 0.5) is 0 Å². The predicted octanol–water partition coefficient (Wildman–Crippen LogP) is 1.82. The van der Waals surface area contributed by atoms with Crippen LogP contribution in [0.5, 0.6) is 0 Å². The van der Waals surface area contributed by atoms with Gasteiger partial charge in [0.25, 0.3) is 5.97 Å². The van der Waals surface area contributed by atoms with Crippen LogP contribution in [0.1, 0.15) is 39.5 Å². The van der Waals surface area contributed by atoms with Crippen LogP contribution in [0, 0.1) is 5.92 Å². The molecular formula is C10H22NNaO2. The maximum atomic E-state index is 9.00. The third-order valence-corrected chi connectivity index (χ3v) is 2.57. The Balaban J connectivity index is 0. The number of hydrogen-bond acceptors (Lipinski definition) is 2. The standard InChI is InChI=1S/C8H18N.C2H4O2.Na/c1-3-5-6-8(4-2)7-9;1-2(3)4;/h8H,2-7,9H2,1H3;1H3,(H,3,4);. The van der Waals surface area contributed by atoms with E-state index in [-0.39, 0.29) is 0 Å². The van der Waals surface area contributed by atoms with E-state index in [2.05, 4.69) is 6.92 Å². The zero-order chi connectivity index (χ0) is 11.4. The Morgan fingerprint density at radius 2 is 2.00 bits per heavy atom. The Morgan fingerprint density at radius 1 is 1.50 bits per heavy atom. The van der Waals surface area contributed by atoms with E-state index in [0.29, 0.717) is 0 Å². The second-order valence-electron chi connectivity index (χ2n) is 3.55. The summed E-state index contributed by atoms with van der Waals surface area (Å²) in [7, 11) is 0. The van der Waals surface area contributed by atoms with Crippen LogP contribution in [0.3, 0.4) is 0 Å². The van der Waals surface area contributed by atoms with Gasteiger partial charge in [0.15, 0.2) is 0 Å². The molecule has 0 aromatic heterocycles. The summed E-state index contributed by atoms with van der Waals surface area (Å²) >= 11 is 1.34. The SMILES string of the molecule is CC(=O)O.CCCCC(CN)C[CH2][Na]. The van der Waals surface area contributed by atoms with Crippen molar-refractivity contribution in [1.29, 1.82) is 0 Å². The Kier molecular flexibility index (Phi) is 16.2. The van der Waals surface area contributed by atoms with Gasteiger partial charge in [-0.2, -0.15) is 0 Å². The van der Waals surface area contributed by atoms with Gasteiger partial charge in [-0.1, -0.05) is 0 Å². The first kappa shape index (κ1) is 16.8. The molecule has 0 aromatic rings. The molecule has 0 aliphatic carbocycles. The fraction of sp³-hybridized carbons (Fsp3) is 0.900. The van der Waals surface area contributed by atoms with Crippen LogP contribution >= 0.6 is 0 Å². The van der Waals surface area contributed by atoms with E-state index < -0.39 is 5.97 Å². The van der Waals surface area contributed by atoms with E-state index in [4.69, 9.17) is 15.6 Å². The number of carbonyl (C=O) groups is 1. The monoisotopic (exact) mass is 211 g/mol. The second kappa shape index (κ2) is 13.4. The Hall–Kier alpha value is 0.430. The van der Waals surface area contributed by atoms with Gasteiger partial charge in [-0.25, -0.2) is 0 Å². The number of carboxylic acids is 1. The molecule has 0 saturated carbocycles. The summed E-state index contributed by atoms with van der Waals surface area (Å²) in [4.78, 5) is 9.00. The van der Waals surface area contributed by atoms with Gasteiger partial charge < -0.3 is 5.11 Å². The molecule has 0 radical (unpaired) electrons. The van der Waals surface area contributed by atoms with Crippen LogP contribution in [0.15, 0.2) is 0 Å². The van der Waals surface area contributed by atoms with Crippen molar-refractivity contribution < 1.29 is 9.90 Å². The van der Waals surface area contributed by atoms with E-state index in [1.165, 1.54) is 57.3 Å². The number of aliphatic carboxylic acids is 1. The summed E-state index contributed by atoms with van der Waals surface area (Å²) in [6.07, 6.45) is 5.42. The zero-order valence-electron chi connectivity index (χ0n) is 9.75. The molecule has 0 spiro atoms. The zero-order valence-corrected chi connectivity index (χ0v) is 11.8. The fourth-order valence-corrected chi connectivity index (χ4v) is 2.10. The molecule has 0 aliphatic rings. The van der Waals surface area contributed by atoms with E-state index >= 15 is 0 Å². The molecule has 1 unspecified atom stereocenters. The van der Waals surface area contributed by atoms with E-state index in [9.17, 15) is 0 Å². The van der Waals surface area contributed by atoms with Gasteiger partial charge in [-0.3, -0.25) is 4.79 Å². The predicted molar refractivity (Wildman–Crippen MR) is 60.6 cm³/mol. The number of unbranched alkanes of at least 4 members (excludes halogenated alkanes) is 1. The first-order valence-electron chi connectivity index (χ1n) is 5.47. The average Bonchev–Trinajstić information content (AvgIpc) is 2.11. The minimum atomic E-state index is -0.833. The Bertz CT molecular complexity index is 127. The molecule has 0 aliphatic heterocycles. The molecule has 3 nitrogen and oxygen atoms in total. The normalized spacial score (nSPS) is 11.5. The molecule has 14 heavy (non-hydrogen) atoms. The van der Waals surface area contributed by atoms with Gasteiger partial charge in [0.2, 0.25) is 0 Å². The van der Waals surface area contributed by atoms with Crippen molar-refractivity contribution in [2.24, 2.45) is 11.7 Å². The van der Waals surface area contributed by atoms with Crippen molar-refractivity contribution in [1.82, 2.24) is 0 Å². The Morgan fingerprint density at radius 3 is 2.29 bits per heavy atom. The summed E-state index contributed by atoms with van der Waals surface area (Å²) < 4.78 is 1.42. The van der Waals surface area contributed by atoms with Crippen LogP contribution in [0.2, 0.25) is 3.67 Å². The second-order valence-corrected chi connectivity index (χ2v) is 4.55. The molecule has 0 aromatic carbocycles. The number of hydrogen-bond donors (Lipinski definition) is 2. The number of carboxylic acid groups (broad SMARTS) is 1. The summed E-state index contributed by atoms with van der Waals surface area (Å²) in [5.41, 5.74) is 5.62. The molecule has 1 atom stereocenters. The first-order valence-corrected chi connectivity index (χ1v) is 6.89. The molecular weight excluding hydrogens is 189 g/mol. The summed E-state index contributed by atoms with van der Waals surface area (Å²) in [5.74, 6) is -0.00236. The number of rotatable bonds is 6. The van der Waals surface area contributed by atoms with E-state index in [1.54, 1.807) is 0 Å². The van der Waals surface area contributed by atoms with Gasteiger partial charge >= 0.3 is 82.4 Å². The summed E-state index contributed by atoms with van der Waals surface area (Å²) in [5, 5.41) is 7.42. The van der Waals surface area contributed by atoms with Crippen LogP contribution in [-0.4, -0.2) is 45.6 Å². The van der Waals surface area contributed by atoms with Gasteiger partial charge in [0.1, 0.15) is 0 Å². The van der Waals surface area contributed by atoms with Crippen LogP contribution < -0.4 is 5.73 Å². The average molecular weight is 211 g/mol. The minimum absolute atomic E-state index is 0.831. The van der Waals surface area contributed by atoms with Crippen molar-refractivity contribution >= 4 is 33.9 Å². The molecule has 0 bridgehead atoms. The topological polar surface area (TPSA) is 63.3 Å².